The average Bonchev–Trinajstić information content (AvgIpc) is 2.81. The summed E-state index contributed by atoms with van der Waals surface area (Å²) in [6, 6.07) is 9.02. The standard InChI is InChI=1S/C26H39N5O3/c1-19(2)14-22-25(33)29(16-21-12-8-5-9-13-21)17-23-30(22)24(32)18-28(3)31(23)26(34)27-15-20-10-6-4-7-11-20/h4,6-7,10-11,19,21-23H,5,8-9,12-18H2,1-3H3,(H,27,34). The molecule has 0 radical (unpaired) electrons. The molecule has 2 unspecified atom stereocenters. The number of hydrogen-bond donors (Lipinski definition) is 1. The maximum absolute atomic E-state index is 13.6. The molecule has 1 aromatic rings. The topological polar surface area (TPSA) is 76.2 Å². The van der Waals surface area contributed by atoms with Crippen LogP contribution in [0.1, 0.15) is 57.9 Å². The summed E-state index contributed by atoms with van der Waals surface area (Å²) in [5.41, 5.74) is 1.01. The Balaban J connectivity index is 1.56. The number of amides is 4. The monoisotopic (exact) mass is 469 g/mol. The number of fused-ring (bicyclic) bond motifs is 1. The molecule has 1 N–H and O–H groups in total. The quantitative estimate of drug-likeness (QED) is 0.695. The van der Waals surface area contributed by atoms with Crippen molar-refractivity contribution in [3.8, 4) is 0 Å². The van der Waals surface area contributed by atoms with Gasteiger partial charge in [0.15, 0.2) is 0 Å². The van der Waals surface area contributed by atoms with Gasteiger partial charge in [0.2, 0.25) is 11.8 Å². The van der Waals surface area contributed by atoms with Crippen molar-refractivity contribution in [3.05, 3.63) is 35.9 Å². The fraction of sp³-hybridized carbons (Fsp3) is 0.654. The van der Waals surface area contributed by atoms with Gasteiger partial charge in [-0.05, 0) is 36.7 Å². The highest BCUT2D eigenvalue weighted by atomic mass is 16.2. The number of likely N-dealkylation sites (N-methyl/N-ethyl adjacent to an activating group) is 1. The first-order chi connectivity index (χ1) is 16.3. The third kappa shape index (κ3) is 5.37. The van der Waals surface area contributed by atoms with E-state index in [1.54, 1.807) is 22.0 Å². The van der Waals surface area contributed by atoms with E-state index in [1.807, 2.05) is 35.2 Å². The van der Waals surface area contributed by atoms with Crippen molar-refractivity contribution >= 4 is 17.8 Å². The summed E-state index contributed by atoms with van der Waals surface area (Å²) in [6.45, 7) is 5.72. The third-order valence-electron chi connectivity index (χ3n) is 7.33. The van der Waals surface area contributed by atoms with Crippen molar-refractivity contribution < 1.29 is 14.4 Å². The highest BCUT2D eigenvalue weighted by molar-refractivity contribution is 5.91. The Kier molecular flexibility index (Phi) is 7.76. The van der Waals surface area contributed by atoms with Crippen molar-refractivity contribution in [2.24, 2.45) is 11.8 Å². The lowest BCUT2D eigenvalue weighted by Crippen LogP contribution is -2.76. The molecule has 2 aliphatic heterocycles. The fourth-order valence-corrected chi connectivity index (χ4v) is 5.68. The number of urea groups is 1. The summed E-state index contributed by atoms with van der Waals surface area (Å²) in [4.78, 5) is 43.8. The van der Waals surface area contributed by atoms with Gasteiger partial charge in [0, 0.05) is 20.1 Å². The molecule has 2 heterocycles. The number of rotatable bonds is 6. The van der Waals surface area contributed by atoms with Crippen LogP contribution in [0.5, 0.6) is 0 Å². The molecule has 0 bridgehead atoms. The minimum Gasteiger partial charge on any atom is -0.337 e. The van der Waals surface area contributed by atoms with Crippen molar-refractivity contribution in [3.63, 3.8) is 0 Å². The van der Waals surface area contributed by atoms with E-state index < -0.39 is 12.2 Å². The van der Waals surface area contributed by atoms with Crippen LogP contribution in [0.15, 0.2) is 30.3 Å². The van der Waals surface area contributed by atoms with E-state index in [9.17, 15) is 14.4 Å². The summed E-state index contributed by atoms with van der Waals surface area (Å²) in [5, 5.41) is 6.36. The largest absolute Gasteiger partial charge is 0.337 e. The first kappa shape index (κ1) is 24.5. The number of benzene rings is 1. The van der Waals surface area contributed by atoms with Gasteiger partial charge < -0.3 is 15.1 Å². The predicted octanol–water partition coefficient (Wildman–Crippen LogP) is 3.05. The van der Waals surface area contributed by atoms with Gasteiger partial charge in [0.1, 0.15) is 12.2 Å². The van der Waals surface area contributed by atoms with Gasteiger partial charge in [-0.25, -0.2) is 14.8 Å². The lowest BCUT2D eigenvalue weighted by molar-refractivity contribution is -0.188. The Labute approximate surface area is 203 Å². The Bertz CT molecular complexity index is 870. The average molecular weight is 470 g/mol. The molecule has 4 rings (SSSR count). The maximum atomic E-state index is 13.6. The van der Waals surface area contributed by atoms with Crippen LogP contribution in [0, 0.1) is 11.8 Å². The summed E-state index contributed by atoms with van der Waals surface area (Å²) in [5.74, 6) is 0.715. The second-order valence-corrected chi connectivity index (χ2v) is 10.5. The fourth-order valence-electron chi connectivity index (χ4n) is 5.68. The Morgan fingerprint density at radius 2 is 1.79 bits per heavy atom. The van der Waals surface area contributed by atoms with Crippen LogP contribution in [0.2, 0.25) is 0 Å². The van der Waals surface area contributed by atoms with E-state index in [-0.39, 0.29) is 30.3 Å². The van der Waals surface area contributed by atoms with E-state index in [0.29, 0.717) is 25.4 Å². The van der Waals surface area contributed by atoms with Gasteiger partial charge in [-0.3, -0.25) is 9.59 Å². The molecule has 8 nitrogen and oxygen atoms in total. The van der Waals surface area contributed by atoms with Crippen LogP contribution in [0.25, 0.3) is 0 Å². The summed E-state index contributed by atoms with van der Waals surface area (Å²) >= 11 is 0. The molecule has 1 saturated carbocycles. The predicted molar refractivity (Wildman–Crippen MR) is 130 cm³/mol. The van der Waals surface area contributed by atoms with Crippen LogP contribution in [-0.4, -0.2) is 76.6 Å². The van der Waals surface area contributed by atoms with Crippen molar-refractivity contribution in [2.45, 2.75) is 71.1 Å². The zero-order chi connectivity index (χ0) is 24.2. The minimum atomic E-state index is -0.520. The molecule has 3 fully saturated rings. The van der Waals surface area contributed by atoms with Crippen LogP contribution in [0.4, 0.5) is 4.79 Å². The number of nitrogens with zero attached hydrogens (tertiary/aromatic N) is 4. The molecule has 3 aliphatic rings. The number of piperazine rings is 1. The maximum Gasteiger partial charge on any atom is 0.334 e. The summed E-state index contributed by atoms with van der Waals surface area (Å²) in [6.07, 6.45) is 6.10. The zero-order valence-corrected chi connectivity index (χ0v) is 20.8. The van der Waals surface area contributed by atoms with Crippen molar-refractivity contribution in [2.75, 3.05) is 26.7 Å². The van der Waals surface area contributed by atoms with Gasteiger partial charge in [0.25, 0.3) is 0 Å². The molecule has 4 amide bonds. The SMILES string of the molecule is CC(C)CC1C(=O)N(CC2CCCCC2)CC2N1C(=O)CN(C)N2C(=O)NCc1ccccc1. The van der Waals surface area contributed by atoms with Gasteiger partial charge in [-0.1, -0.05) is 63.4 Å². The smallest absolute Gasteiger partial charge is 0.334 e. The Hall–Kier alpha value is -2.61. The van der Waals surface area contributed by atoms with E-state index in [4.69, 9.17) is 0 Å². The molecule has 0 spiro atoms. The molecule has 2 atom stereocenters. The zero-order valence-electron chi connectivity index (χ0n) is 20.8. The number of hydrazine groups is 1. The van der Waals surface area contributed by atoms with Gasteiger partial charge in [-0.2, -0.15) is 0 Å². The molecular weight excluding hydrogens is 430 g/mol. The van der Waals surface area contributed by atoms with Gasteiger partial charge >= 0.3 is 6.03 Å². The van der Waals surface area contributed by atoms with Crippen molar-refractivity contribution in [1.29, 1.82) is 0 Å². The summed E-state index contributed by atoms with van der Waals surface area (Å²) in [7, 11) is 1.77. The third-order valence-corrected chi connectivity index (χ3v) is 7.33. The summed E-state index contributed by atoms with van der Waals surface area (Å²) < 4.78 is 0. The Morgan fingerprint density at radius 3 is 2.47 bits per heavy atom. The molecular formula is C26H39N5O3. The lowest BCUT2D eigenvalue weighted by atomic mass is 9.88. The van der Waals surface area contributed by atoms with Crippen LogP contribution in [-0.2, 0) is 16.1 Å². The number of hydrogen-bond acceptors (Lipinski definition) is 4. The van der Waals surface area contributed by atoms with Crippen molar-refractivity contribution in [1.82, 2.24) is 25.1 Å². The highest BCUT2D eigenvalue weighted by Gasteiger charge is 2.50. The first-order valence-corrected chi connectivity index (χ1v) is 12.8. The molecule has 0 aromatic heterocycles. The van der Waals surface area contributed by atoms with Gasteiger partial charge in [-0.15, -0.1) is 0 Å². The normalized spacial score (nSPS) is 24.5. The van der Waals surface area contributed by atoms with Crippen LogP contribution < -0.4 is 5.32 Å². The molecule has 1 aromatic carbocycles. The number of nitrogens with one attached hydrogen (secondary N) is 1. The Morgan fingerprint density at radius 1 is 1.09 bits per heavy atom. The number of carbonyl (C=O) groups excluding carboxylic acids is 3. The van der Waals surface area contributed by atoms with Crippen LogP contribution in [0.3, 0.4) is 0 Å². The molecule has 2 saturated heterocycles. The molecule has 186 valence electrons. The van der Waals surface area contributed by atoms with E-state index in [0.717, 1.165) is 24.9 Å². The lowest BCUT2D eigenvalue weighted by Gasteiger charge is -2.55. The number of carbonyl (C=O) groups is 3. The second kappa shape index (κ2) is 10.8. The van der Waals surface area contributed by atoms with E-state index in [2.05, 4.69) is 19.2 Å². The molecule has 34 heavy (non-hydrogen) atoms. The molecule has 1 aliphatic carbocycles. The minimum absolute atomic E-state index is 0.0399. The first-order valence-electron chi connectivity index (χ1n) is 12.8. The van der Waals surface area contributed by atoms with E-state index in [1.165, 1.54) is 19.3 Å². The molecule has 8 heteroatoms. The second-order valence-electron chi connectivity index (χ2n) is 10.5. The van der Waals surface area contributed by atoms with Crippen LogP contribution >= 0.6 is 0 Å². The highest BCUT2D eigenvalue weighted by Crippen LogP contribution is 2.31. The van der Waals surface area contributed by atoms with E-state index >= 15 is 0 Å². The van der Waals surface area contributed by atoms with Gasteiger partial charge in [0.05, 0.1) is 13.1 Å².